The number of carbonyl (C=O) groups is 1. The molecule has 0 saturated heterocycles. The summed E-state index contributed by atoms with van der Waals surface area (Å²) in [4.78, 5) is 16.9. The maximum Gasteiger partial charge on any atom is 0.357 e. The number of oxazole rings is 1. The van der Waals surface area contributed by atoms with E-state index < -0.39 is 5.97 Å². The zero-order valence-electron chi connectivity index (χ0n) is 11.7. The third-order valence-corrected chi connectivity index (χ3v) is 3.34. The Labute approximate surface area is 122 Å². The van der Waals surface area contributed by atoms with Crippen LogP contribution in [0.25, 0.3) is 0 Å². The van der Waals surface area contributed by atoms with Crippen LogP contribution in [0, 0.1) is 0 Å². The average Bonchev–Trinajstić information content (AvgIpc) is 2.82. The number of para-hydroxylation sites is 1. The molecule has 0 amide bonds. The standard InChI is InChI=1S/C15H16N2O4/c1-10-6-17(7-11-4-2-3-5-13(11)21-10)8-14-16-12(9-20-14)15(18)19/h2-5,9-10H,6-8H2,1H3,(H,18,19). The van der Waals surface area contributed by atoms with Crippen LogP contribution in [0.4, 0.5) is 0 Å². The van der Waals surface area contributed by atoms with Crippen LogP contribution in [0.5, 0.6) is 5.75 Å². The van der Waals surface area contributed by atoms with Crippen molar-refractivity contribution in [3.63, 3.8) is 0 Å². The van der Waals surface area contributed by atoms with Crippen LogP contribution in [0.15, 0.2) is 34.9 Å². The molecule has 1 aromatic heterocycles. The monoisotopic (exact) mass is 288 g/mol. The molecule has 110 valence electrons. The molecule has 1 unspecified atom stereocenters. The first-order valence-corrected chi connectivity index (χ1v) is 6.76. The first kappa shape index (κ1) is 13.6. The van der Waals surface area contributed by atoms with Gasteiger partial charge in [-0.3, -0.25) is 4.90 Å². The van der Waals surface area contributed by atoms with Gasteiger partial charge < -0.3 is 14.3 Å². The first-order chi connectivity index (χ1) is 10.1. The van der Waals surface area contributed by atoms with E-state index in [4.69, 9.17) is 14.3 Å². The van der Waals surface area contributed by atoms with Crippen LogP contribution in [0.1, 0.15) is 28.9 Å². The largest absolute Gasteiger partial charge is 0.489 e. The maximum atomic E-state index is 10.8. The summed E-state index contributed by atoms with van der Waals surface area (Å²) in [6, 6.07) is 7.92. The fourth-order valence-electron chi connectivity index (χ4n) is 2.47. The second kappa shape index (κ2) is 5.57. The quantitative estimate of drug-likeness (QED) is 0.932. The van der Waals surface area contributed by atoms with Gasteiger partial charge in [0.15, 0.2) is 5.69 Å². The molecule has 0 bridgehead atoms. The summed E-state index contributed by atoms with van der Waals surface area (Å²) in [5.74, 6) is 0.216. The molecule has 1 aliphatic rings. The maximum absolute atomic E-state index is 10.8. The number of aromatic nitrogens is 1. The Morgan fingerprint density at radius 2 is 2.29 bits per heavy atom. The normalized spacial score (nSPS) is 18.6. The molecule has 2 heterocycles. The number of nitrogens with zero attached hydrogens (tertiary/aromatic N) is 2. The summed E-state index contributed by atoms with van der Waals surface area (Å²) in [5.41, 5.74) is 1.04. The Balaban J connectivity index is 1.77. The van der Waals surface area contributed by atoms with Crippen molar-refractivity contribution in [1.29, 1.82) is 0 Å². The van der Waals surface area contributed by atoms with E-state index in [0.29, 0.717) is 19.0 Å². The zero-order chi connectivity index (χ0) is 14.8. The van der Waals surface area contributed by atoms with Gasteiger partial charge in [-0.25, -0.2) is 9.78 Å². The van der Waals surface area contributed by atoms with E-state index in [0.717, 1.165) is 17.9 Å². The molecule has 3 rings (SSSR count). The fraction of sp³-hybridized carbons (Fsp3) is 0.333. The highest BCUT2D eigenvalue weighted by molar-refractivity contribution is 5.84. The molecule has 1 N–H and O–H groups in total. The van der Waals surface area contributed by atoms with Gasteiger partial charge in [-0.2, -0.15) is 0 Å². The number of ether oxygens (including phenoxy) is 1. The number of fused-ring (bicyclic) bond motifs is 1. The van der Waals surface area contributed by atoms with Crippen molar-refractivity contribution in [2.24, 2.45) is 0 Å². The topological polar surface area (TPSA) is 75.8 Å². The molecule has 0 fully saturated rings. The fourth-order valence-corrected chi connectivity index (χ4v) is 2.47. The molecular formula is C15H16N2O4. The van der Waals surface area contributed by atoms with Gasteiger partial charge in [-0.1, -0.05) is 18.2 Å². The predicted octanol–water partition coefficient (Wildman–Crippen LogP) is 2.16. The van der Waals surface area contributed by atoms with Crippen molar-refractivity contribution >= 4 is 5.97 Å². The van der Waals surface area contributed by atoms with Gasteiger partial charge in [0.2, 0.25) is 5.89 Å². The summed E-state index contributed by atoms with van der Waals surface area (Å²) < 4.78 is 11.1. The van der Waals surface area contributed by atoms with E-state index in [-0.39, 0.29) is 11.8 Å². The van der Waals surface area contributed by atoms with Crippen LogP contribution >= 0.6 is 0 Å². The van der Waals surface area contributed by atoms with Crippen LogP contribution in [-0.2, 0) is 13.1 Å². The van der Waals surface area contributed by atoms with Crippen molar-refractivity contribution in [3.05, 3.63) is 47.7 Å². The van der Waals surface area contributed by atoms with Gasteiger partial charge in [0.1, 0.15) is 18.1 Å². The highest BCUT2D eigenvalue weighted by Crippen LogP contribution is 2.25. The third-order valence-electron chi connectivity index (χ3n) is 3.34. The minimum Gasteiger partial charge on any atom is -0.489 e. The molecule has 0 spiro atoms. The first-order valence-electron chi connectivity index (χ1n) is 6.76. The number of carboxylic acid groups (broad SMARTS) is 1. The summed E-state index contributed by atoms with van der Waals surface area (Å²) >= 11 is 0. The molecule has 0 aliphatic carbocycles. The van der Waals surface area contributed by atoms with Crippen LogP contribution in [-0.4, -0.2) is 33.6 Å². The number of carboxylic acids is 1. The Morgan fingerprint density at radius 3 is 3.05 bits per heavy atom. The highest BCUT2D eigenvalue weighted by Gasteiger charge is 2.21. The second-order valence-corrected chi connectivity index (χ2v) is 5.14. The van der Waals surface area contributed by atoms with Crippen LogP contribution in [0.2, 0.25) is 0 Å². The Hall–Kier alpha value is -2.34. The molecule has 0 saturated carbocycles. The molecular weight excluding hydrogens is 272 g/mol. The second-order valence-electron chi connectivity index (χ2n) is 5.14. The van der Waals surface area contributed by atoms with Gasteiger partial charge in [-0.05, 0) is 13.0 Å². The minimum absolute atomic E-state index is 0.0440. The SMILES string of the molecule is CC1CN(Cc2nc(C(=O)O)co2)Cc2ccccc2O1. The average molecular weight is 288 g/mol. The van der Waals surface area contributed by atoms with Gasteiger partial charge in [0.05, 0.1) is 6.54 Å². The lowest BCUT2D eigenvalue weighted by atomic mass is 10.2. The van der Waals surface area contributed by atoms with Crippen LogP contribution in [0.3, 0.4) is 0 Å². The smallest absolute Gasteiger partial charge is 0.357 e. The Bertz CT molecular complexity index is 653. The Morgan fingerprint density at radius 1 is 1.48 bits per heavy atom. The molecule has 1 aliphatic heterocycles. The molecule has 21 heavy (non-hydrogen) atoms. The van der Waals surface area contributed by atoms with E-state index in [1.54, 1.807) is 0 Å². The van der Waals surface area contributed by atoms with Crippen molar-refractivity contribution in [2.45, 2.75) is 26.1 Å². The van der Waals surface area contributed by atoms with E-state index in [2.05, 4.69) is 9.88 Å². The molecule has 1 atom stereocenters. The summed E-state index contributed by atoms with van der Waals surface area (Å²) in [7, 11) is 0. The lowest BCUT2D eigenvalue weighted by molar-refractivity contribution is 0.0690. The molecule has 1 aromatic carbocycles. The molecule has 0 radical (unpaired) electrons. The molecule has 6 heteroatoms. The number of aromatic carboxylic acids is 1. The van der Waals surface area contributed by atoms with E-state index in [1.165, 1.54) is 6.26 Å². The van der Waals surface area contributed by atoms with Gasteiger partial charge in [0, 0.05) is 18.7 Å². The van der Waals surface area contributed by atoms with Crippen molar-refractivity contribution in [2.75, 3.05) is 6.54 Å². The minimum atomic E-state index is -1.08. The number of hydrogen-bond donors (Lipinski definition) is 1. The van der Waals surface area contributed by atoms with Gasteiger partial charge in [0.25, 0.3) is 0 Å². The zero-order valence-corrected chi connectivity index (χ0v) is 11.7. The third kappa shape index (κ3) is 3.05. The van der Waals surface area contributed by atoms with Gasteiger partial charge >= 0.3 is 5.97 Å². The summed E-state index contributed by atoms with van der Waals surface area (Å²) in [5, 5.41) is 8.87. The van der Waals surface area contributed by atoms with E-state index >= 15 is 0 Å². The lowest BCUT2D eigenvalue weighted by Crippen LogP contribution is -2.30. The summed E-state index contributed by atoms with van der Waals surface area (Å²) in [6.45, 7) is 3.90. The van der Waals surface area contributed by atoms with E-state index in [9.17, 15) is 4.79 Å². The van der Waals surface area contributed by atoms with E-state index in [1.807, 2.05) is 31.2 Å². The summed E-state index contributed by atoms with van der Waals surface area (Å²) in [6.07, 6.45) is 1.21. The number of hydrogen-bond acceptors (Lipinski definition) is 5. The molecule has 6 nitrogen and oxygen atoms in total. The number of rotatable bonds is 3. The Kier molecular flexibility index (Phi) is 3.62. The van der Waals surface area contributed by atoms with Crippen LogP contribution < -0.4 is 4.74 Å². The highest BCUT2D eigenvalue weighted by atomic mass is 16.5. The van der Waals surface area contributed by atoms with Gasteiger partial charge in [-0.15, -0.1) is 0 Å². The number of benzene rings is 1. The lowest BCUT2D eigenvalue weighted by Gasteiger charge is -2.19. The predicted molar refractivity (Wildman–Crippen MR) is 74.1 cm³/mol. The van der Waals surface area contributed by atoms with Crippen molar-refractivity contribution in [1.82, 2.24) is 9.88 Å². The molecule has 2 aromatic rings. The van der Waals surface area contributed by atoms with Crippen molar-refractivity contribution in [3.8, 4) is 5.75 Å². The van der Waals surface area contributed by atoms with Crippen molar-refractivity contribution < 1.29 is 19.1 Å².